The highest BCUT2D eigenvalue weighted by molar-refractivity contribution is 5.76. The van der Waals surface area contributed by atoms with Crippen LogP contribution in [0.3, 0.4) is 0 Å². The monoisotopic (exact) mass is 193 g/mol. The molecule has 0 saturated heterocycles. The molecule has 0 aromatic carbocycles. The first-order valence-corrected chi connectivity index (χ1v) is 4.05. The highest BCUT2D eigenvalue weighted by Gasteiger charge is 1.93. The molecule has 0 saturated carbocycles. The van der Waals surface area contributed by atoms with Gasteiger partial charge in [0.05, 0.1) is 12.8 Å². The fourth-order valence-corrected chi connectivity index (χ4v) is 0.824. The van der Waals surface area contributed by atoms with Crippen molar-refractivity contribution in [2.24, 2.45) is 5.73 Å². The van der Waals surface area contributed by atoms with Crippen LogP contribution < -0.4 is 10.5 Å². The lowest BCUT2D eigenvalue weighted by Gasteiger charge is -1.95. The van der Waals surface area contributed by atoms with Crippen LogP contribution in [0.25, 0.3) is 6.08 Å². The predicted molar refractivity (Wildman–Crippen MR) is 51.4 cm³/mol. The van der Waals surface area contributed by atoms with Crippen molar-refractivity contribution in [3.63, 3.8) is 0 Å². The smallest absolute Gasteiger partial charge is 0.233 e. The molecule has 0 bridgehead atoms. The lowest BCUT2D eigenvalue weighted by molar-refractivity contribution is -0.117. The summed E-state index contributed by atoms with van der Waals surface area (Å²) in [6.45, 7) is 0. The summed E-state index contributed by atoms with van der Waals surface area (Å²) in [6, 6.07) is 3.43. The quantitative estimate of drug-likeness (QED) is 0.749. The van der Waals surface area contributed by atoms with Crippen LogP contribution in [0.5, 0.6) is 5.88 Å². The summed E-state index contributed by atoms with van der Waals surface area (Å²) in [7, 11) is 1.52. The third-order valence-corrected chi connectivity index (χ3v) is 1.48. The summed E-state index contributed by atoms with van der Waals surface area (Å²) >= 11 is 0. The Morgan fingerprint density at radius 2 is 2.36 bits per heavy atom. The molecule has 1 aromatic rings. The molecule has 0 aliphatic heterocycles. The van der Waals surface area contributed by atoms with E-state index >= 15 is 0 Å². The Bertz CT molecular complexity index is 332. The van der Waals surface area contributed by atoms with E-state index in [0.29, 0.717) is 11.6 Å². The van der Waals surface area contributed by atoms with Gasteiger partial charge in [0.2, 0.25) is 11.8 Å². The second-order valence-electron chi connectivity index (χ2n) is 2.57. The zero-order chi connectivity index (χ0) is 10.4. The summed E-state index contributed by atoms with van der Waals surface area (Å²) in [4.78, 5) is 10.4. The molecule has 0 aliphatic rings. The van der Waals surface area contributed by atoms with Crippen molar-refractivity contribution in [2.45, 2.75) is 6.42 Å². The molecule has 0 unspecified atom stereocenters. The van der Waals surface area contributed by atoms with Gasteiger partial charge in [0, 0.05) is 12.5 Å². The first-order chi connectivity index (χ1) is 6.72. The van der Waals surface area contributed by atoms with Gasteiger partial charge in [-0.2, -0.15) is 0 Å². The Morgan fingerprint density at radius 3 is 2.86 bits per heavy atom. The van der Waals surface area contributed by atoms with Gasteiger partial charge in [-0.1, -0.05) is 6.08 Å². The van der Waals surface area contributed by atoms with Gasteiger partial charge in [-0.3, -0.25) is 4.79 Å². The molecular formula is C9H11N3O2. The van der Waals surface area contributed by atoms with E-state index in [2.05, 4.69) is 10.2 Å². The van der Waals surface area contributed by atoms with E-state index in [0.717, 1.165) is 0 Å². The second-order valence-corrected chi connectivity index (χ2v) is 2.57. The molecule has 0 aliphatic carbocycles. The number of hydrogen-bond acceptors (Lipinski definition) is 4. The number of rotatable bonds is 4. The molecule has 0 atom stereocenters. The van der Waals surface area contributed by atoms with E-state index in [4.69, 9.17) is 10.5 Å². The van der Waals surface area contributed by atoms with Crippen molar-refractivity contribution >= 4 is 12.0 Å². The summed E-state index contributed by atoms with van der Waals surface area (Å²) in [5.41, 5.74) is 5.62. The molecule has 1 aromatic heterocycles. The molecule has 1 amide bonds. The van der Waals surface area contributed by atoms with Crippen LogP contribution in [-0.2, 0) is 4.79 Å². The lowest BCUT2D eigenvalue weighted by atomic mass is 10.3. The Morgan fingerprint density at radius 1 is 1.57 bits per heavy atom. The summed E-state index contributed by atoms with van der Waals surface area (Å²) in [5.74, 6) is 0.0831. The minimum atomic E-state index is -0.372. The number of primary amides is 1. The van der Waals surface area contributed by atoms with E-state index in [-0.39, 0.29) is 12.3 Å². The Balaban J connectivity index is 2.59. The average molecular weight is 193 g/mol. The van der Waals surface area contributed by atoms with Gasteiger partial charge in [-0.25, -0.2) is 0 Å². The third kappa shape index (κ3) is 3.22. The van der Waals surface area contributed by atoms with Gasteiger partial charge in [0.15, 0.2) is 0 Å². The zero-order valence-corrected chi connectivity index (χ0v) is 7.80. The largest absolute Gasteiger partial charge is 0.480 e. The molecule has 5 nitrogen and oxygen atoms in total. The van der Waals surface area contributed by atoms with Crippen molar-refractivity contribution < 1.29 is 9.53 Å². The van der Waals surface area contributed by atoms with E-state index in [1.807, 2.05) is 0 Å². The molecule has 2 N–H and O–H groups in total. The summed E-state index contributed by atoms with van der Waals surface area (Å²) < 4.78 is 4.84. The highest BCUT2D eigenvalue weighted by atomic mass is 16.5. The van der Waals surface area contributed by atoms with Crippen molar-refractivity contribution in [1.29, 1.82) is 0 Å². The summed E-state index contributed by atoms with van der Waals surface area (Å²) in [5, 5.41) is 7.59. The van der Waals surface area contributed by atoms with E-state index in [9.17, 15) is 4.79 Å². The molecule has 5 heteroatoms. The zero-order valence-electron chi connectivity index (χ0n) is 7.80. The number of nitrogens with two attached hydrogens (primary N) is 1. The molecule has 1 rings (SSSR count). The van der Waals surface area contributed by atoms with Crippen LogP contribution in [0, 0.1) is 0 Å². The van der Waals surface area contributed by atoms with Crippen molar-refractivity contribution in [3.8, 4) is 5.88 Å². The average Bonchev–Trinajstić information content (AvgIpc) is 2.18. The third-order valence-electron chi connectivity index (χ3n) is 1.48. The Labute approximate surface area is 81.6 Å². The molecule has 0 fully saturated rings. The molecule has 0 radical (unpaired) electrons. The number of hydrogen-bond donors (Lipinski definition) is 1. The van der Waals surface area contributed by atoms with Crippen LogP contribution in [-0.4, -0.2) is 23.2 Å². The first-order valence-electron chi connectivity index (χ1n) is 4.05. The Kier molecular flexibility index (Phi) is 3.60. The first kappa shape index (κ1) is 10.2. The number of aromatic nitrogens is 2. The number of ether oxygens (including phenoxy) is 1. The topological polar surface area (TPSA) is 78.1 Å². The van der Waals surface area contributed by atoms with Crippen LogP contribution >= 0.6 is 0 Å². The van der Waals surface area contributed by atoms with Crippen LogP contribution in [0.1, 0.15) is 12.1 Å². The molecular weight excluding hydrogens is 182 g/mol. The maximum Gasteiger partial charge on any atom is 0.233 e. The normalized spacial score (nSPS) is 10.4. The second kappa shape index (κ2) is 4.96. The highest BCUT2D eigenvalue weighted by Crippen LogP contribution is 2.04. The van der Waals surface area contributed by atoms with Gasteiger partial charge >= 0.3 is 0 Å². The van der Waals surface area contributed by atoms with Gasteiger partial charge in [-0.15, -0.1) is 10.2 Å². The van der Waals surface area contributed by atoms with Crippen LogP contribution in [0.15, 0.2) is 18.2 Å². The number of carbonyl (C=O) groups excluding carboxylic acids is 1. The van der Waals surface area contributed by atoms with Crippen LogP contribution in [0.4, 0.5) is 0 Å². The minimum absolute atomic E-state index is 0.202. The van der Waals surface area contributed by atoms with Gasteiger partial charge in [-0.05, 0) is 12.1 Å². The molecule has 14 heavy (non-hydrogen) atoms. The van der Waals surface area contributed by atoms with Gasteiger partial charge in [0.25, 0.3) is 0 Å². The van der Waals surface area contributed by atoms with Crippen LogP contribution in [0.2, 0.25) is 0 Å². The molecule has 74 valence electrons. The lowest BCUT2D eigenvalue weighted by Crippen LogP contribution is -2.07. The molecule has 1 heterocycles. The number of carbonyl (C=O) groups is 1. The fraction of sp³-hybridized carbons (Fsp3) is 0.222. The number of nitrogens with zero attached hydrogens (tertiary/aromatic N) is 2. The SMILES string of the molecule is COc1ccc(C=CCC(N)=O)nn1. The Hall–Kier alpha value is -1.91. The van der Waals surface area contributed by atoms with Gasteiger partial charge < -0.3 is 10.5 Å². The predicted octanol–water partition coefficient (Wildman–Crippen LogP) is 0.374. The number of methoxy groups -OCH3 is 1. The standard InChI is InChI=1S/C9H11N3O2/c1-14-9-6-5-7(11-12-9)3-2-4-8(10)13/h2-3,5-6H,4H2,1H3,(H2,10,13). The molecule has 0 spiro atoms. The summed E-state index contributed by atoms with van der Waals surface area (Å²) in [6.07, 6.45) is 3.52. The maximum atomic E-state index is 10.4. The van der Waals surface area contributed by atoms with Crippen molar-refractivity contribution in [3.05, 3.63) is 23.9 Å². The van der Waals surface area contributed by atoms with Crippen molar-refractivity contribution in [1.82, 2.24) is 10.2 Å². The van der Waals surface area contributed by atoms with E-state index < -0.39 is 0 Å². The number of amides is 1. The minimum Gasteiger partial charge on any atom is -0.480 e. The van der Waals surface area contributed by atoms with Crippen molar-refractivity contribution in [2.75, 3.05) is 7.11 Å². The van der Waals surface area contributed by atoms with E-state index in [1.165, 1.54) is 7.11 Å². The fourth-order valence-electron chi connectivity index (χ4n) is 0.824. The maximum absolute atomic E-state index is 10.4. The van der Waals surface area contributed by atoms with Gasteiger partial charge in [0.1, 0.15) is 0 Å². The van der Waals surface area contributed by atoms with E-state index in [1.54, 1.807) is 24.3 Å².